The number of carbonyl (C=O) groups is 1. The third kappa shape index (κ3) is 6.16. The van der Waals surface area contributed by atoms with Crippen molar-refractivity contribution in [1.29, 1.82) is 0 Å². The number of amides is 1. The second-order valence-electron chi connectivity index (χ2n) is 6.50. The molecule has 1 unspecified atom stereocenters. The minimum Gasteiger partial charge on any atom is -0.0622 e. The molecule has 0 saturated heterocycles. The summed E-state index contributed by atoms with van der Waals surface area (Å²) in [6, 6.07) is 26.8. The van der Waals surface area contributed by atoms with E-state index < -0.39 is 14.2 Å². The monoisotopic (exact) mass is 472 g/mol. The minimum absolute atomic E-state index is 0.0953. The van der Waals surface area contributed by atoms with Gasteiger partial charge in [0.25, 0.3) is 0 Å². The smallest absolute Gasteiger partial charge is 0.0184 e. The van der Waals surface area contributed by atoms with Gasteiger partial charge in [-0.05, 0) is 11.1 Å². The van der Waals surface area contributed by atoms with Gasteiger partial charge in [-0.25, -0.2) is 0 Å². The van der Waals surface area contributed by atoms with Crippen molar-refractivity contribution < 1.29 is 21.8 Å². The molecule has 1 amide bonds. The Bertz CT molecular complexity index is 959. The Morgan fingerprint density at radius 1 is 0.833 bits per heavy atom. The van der Waals surface area contributed by atoms with E-state index in [9.17, 15) is 12.6 Å². The predicted octanol–water partition coefficient (Wildman–Crippen LogP) is 2.93. The predicted molar refractivity (Wildman–Crippen MR) is 117 cm³/mol. The number of hydrazine groups is 1. The zero-order chi connectivity index (χ0) is 22.1. The standard InChI is InChI=1S/C12H10.C10H15AsN2O5/c1-3-7-11(8-4-1)12-9-5-2-6-10-12;1-8(14)13(12(2)3)10-7-5-4-6-9(10)11(15,16)18-17/h1-10H;4-7,17H,1-3H3,(H,15,16). The van der Waals surface area contributed by atoms with Crippen LogP contribution in [0.2, 0.25) is 0 Å². The van der Waals surface area contributed by atoms with Crippen LogP contribution < -0.4 is 9.36 Å². The summed E-state index contributed by atoms with van der Waals surface area (Å²) < 4.78 is 24.9. The number of nitrogens with zero attached hydrogens (tertiary/aromatic N) is 2. The molecule has 0 heterocycles. The maximum atomic E-state index is 11.7. The molecule has 0 aromatic heterocycles. The van der Waals surface area contributed by atoms with Gasteiger partial charge in [0.15, 0.2) is 0 Å². The molecule has 3 aromatic carbocycles. The van der Waals surface area contributed by atoms with Gasteiger partial charge >= 0.3 is 107 Å². The Kier molecular flexibility index (Phi) is 8.59. The Morgan fingerprint density at radius 2 is 1.27 bits per heavy atom. The summed E-state index contributed by atoms with van der Waals surface area (Å²) in [6.45, 7) is 1.33. The average molecular weight is 472 g/mol. The summed E-state index contributed by atoms with van der Waals surface area (Å²) in [4.78, 5) is 11.6. The zero-order valence-corrected chi connectivity index (χ0v) is 18.9. The molecule has 0 aliphatic carbocycles. The first-order valence-corrected chi connectivity index (χ1v) is 12.4. The third-order valence-electron chi connectivity index (χ3n) is 4.10. The number of hydrogen-bond acceptors (Lipinski definition) is 5. The van der Waals surface area contributed by atoms with Gasteiger partial charge < -0.3 is 0 Å². The summed E-state index contributed by atoms with van der Waals surface area (Å²) in [7, 11) is 3.24. The molecule has 30 heavy (non-hydrogen) atoms. The largest absolute Gasteiger partial charge is 0.0622 e. The van der Waals surface area contributed by atoms with Crippen molar-refractivity contribution in [2.45, 2.75) is 6.92 Å². The van der Waals surface area contributed by atoms with E-state index in [1.165, 1.54) is 46.3 Å². The van der Waals surface area contributed by atoms with E-state index in [1.807, 2.05) is 12.1 Å². The van der Waals surface area contributed by atoms with Gasteiger partial charge in [-0.15, -0.1) is 0 Å². The average Bonchev–Trinajstić information content (AvgIpc) is 2.75. The Hall–Kier alpha value is -2.67. The molecule has 0 aliphatic rings. The minimum atomic E-state index is -5.03. The Labute approximate surface area is 179 Å². The van der Waals surface area contributed by atoms with E-state index in [0.717, 1.165) is 0 Å². The molecule has 0 bridgehead atoms. The zero-order valence-electron chi connectivity index (χ0n) is 17.0. The van der Waals surface area contributed by atoms with E-state index in [2.05, 4.69) is 52.4 Å². The van der Waals surface area contributed by atoms with Crippen LogP contribution >= 0.6 is 0 Å². The van der Waals surface area contributed by atoms with Crippen LogP contribution in [0.1, 0.15) is 6.92 Å². The molecule has 0 fully saturated rings. The SMILES string of the molecule is CC(=O)N(c1ccccc1[As](=O)(O)OO)N(C)C.c1ccc(-c2ccccc2)cc1. The molecule has 158 valence electrons. The molecular formula is C22H25AsN2O5. The maximum Gasteiger partial charge on any atom is -0.0184 e. The summed E-state index contributed by atoms with van der Waals surface area (Å²) in [6.07, 6.45) is 0. The van der Waals surface area contributed by atoms with Crippen LogP contribution in [-0.2, 0) is 12.4 Å². The molecule has 0 spiro atoms. The van der Waals surface area contributed by atoms with Crippen LogP contribution in [-0.4, -0.2) is 48.5 Å². The molecule has 3 rings (SSSR count). The normalized spacial score (nSPS) is 12.5. The van der Waals surface area contributed by atoms with E-state index in [4.69, 9.17) is 5.26 Å². The van der Waals surface area contributed by atoms with Crippen LogP contribution in [0, 0.1) is 0 Å². The van der Waals surface area contributed by atoms with E-state index >= 15 is 0 Å². The maximum absolute atomic E-state index is 11.7. The topological polar surface area (TPSA) is 90.3 Å². The first-order valence-electron chi connectivity index (χ1n) is 9.12. The number of hydrogen-bond donors (Lipinski definition) is 2. The second-order valence-corrected chi connectivity index (χ2v) is 10.0. The van der Waals surface area contributed by atoms with Gasteiger partial charge in [0.2, 0.25) is 0 Å². The summed E-state index contributed by atoms with van der Waals surface area (Å²) in [5, 5.41) is 11.2. The number of anilines is 1. The van der Waals surface area contributed by atoms with Gasteiger partial charge in [0.1, 0.15) is 0 Å². The van der Waals surface area contributed by atoms with Gasteiger partial charge in [-0.1, -0.05) is 60.7 Å². The van der Waals surface area contributed by atoms with Crippen molar-refractivity contribution in [2.24, 2.45) is 0 Å². The molecule has 1 atom stereocenters. The quantitative estimate of drug-likeness (QED) is 0.337. The van der Waals surface area contributed by atoms with Gasteiger partial charge in [-0.2, -0.15) is 0 Å². The summed E-state index contributed by atoms with van der Waals surface area (Å²) in [5.74, 6) is -0.333. The number of para-hydroxylation sites is 1. The van der Waals surface area contributed by atoms with Crippen molar-refractivity contribution >= 4 is 30.1 Å². The van der Waals surface area contributed by atoms with Crippen LogP contribution in [0.5, 0.6) is 0 Å². The fraction of sp³-hybridized carbons (Fsp3) is 0.136. The van der Waals surface area contributed by atoms with Crippen molar-refractivity contribution in [3.8, 4) is 11.1 Å². The summed E-state index contributed by atoms with van der Waals surface area (Å²) in [5.41, 5.74) is 2.75. The van der Waals surface area contributed by atoms with Crippen LogP contribution in [0.4, 0.5) is 5.69 Å². The molecule has 7 nitrogen and oxygen atoms in total. The number of rotatable bonds is 5. The second kappa shape index (κ2) is 10.9. The van der Waals surface area contributed by atoms with E-state index in [0.29, 0.717) is 0 Å². The molecule has 0 aliphatic heterocycles. The molecule has 3 aromatic rings. The number of carbonyl (C=O) groups excluding carboxylic acids is 1. The number of benzene rings is 3. The Morgan fingerprint density at radius 3 is 1.67 bits per heavy atom. The summed E-state index contributed by atoms with van der Waals surface area (Å²) >= 11 is -5.03. The van der Waals surface area contributed by atoms with Crippen molar-refractivity contribution in [3.63, 3.8) is 0 Å². The first-order chi connectivity index (χ1) is 14.3. The van der Waals surface area contributed by atoms with Gasteiger partial charge in [-0.3, -0.25) is 0 Å². The van der Waals surface area contributed by atoms with Crippen molar-refractivity contribution in [3.05, 3.63) is 84.9 Å². The Balaban J connectivity index is 0.000000230. The van der Waals surface area contributed by atoms with Crippen LogP contribution in [0.25, 0.3) is 11.1 Å². The van der Waals surface area contributed by atoms with Crippen LogP contribution in [0.15, 0.2) is 84.9 Å². The fourth-order valence-electron chi connectivity index (χ4n) is 2.85. The molecule has 0 saturated carbocycles. The van der Waals surface area contributed by atoms with E-state index in [1.54, 1.807) is 20.2 Å². The molecular weight excluding hydrogens is 447 g/mol. The van der Waals surface area contributed by atoms with Gasteiger partial charge in [0.05, 0.1) is 0 Å². The molecule has 0 radical (unpaired) electrons. The van der Waals surface area contributed by atoms with Crippen molar-refractivity contribution in [2.75, 3.05) is 19.1 Å². The first kappa shape index (κ1) is 23.6. The fourth-order valence-corrected chi connectivity index (χ4v) is 4.58. The third-order valence-corrected chi connectivity index (χ3v) is 6.64. The van der Waals surface area contributed by atoms with Crippen LogP contribution in [0.3, 0.4) is 0 Å². The van der Waals surface area contributed by atoms with E-state index in [-0.39, 0.29) is 15.9 Å². The van der Waals surface area contributed by atoms with Crippen molar-refractivity contribution in [1.82, 2.24) is 5.01 Å². The molecule has 8 heteroatoms. The molecule has 2 N–H and O–H groups in total. The van der Waals surface area contributed by atoms with Gasteiger partial charge in [0, 0.05) is 0 Å².